The van der Waals surface area contributed by atoms with E-state index < -0.39 is 10.1 Å². The number of rotatable bonds is 4. The number of hydrogen-bond acceptors (Lipinski definition) is 3. The van der Waals surface area contributed by atoms with Crippen molar-refractivity contribution < 1.29 is 13.0 Å². The van der Waals surface area contributed by atoms with Crippen LogP contribution in [0, 0.1) is 0 Å². The monoisotopic (exact) mass is 395 g/mol. The highest BCUT2D eigenvalue weighted by Crippen LogP contribution is 2.30. The largest absolute Gasteiger partial charge is 0.328 e. The van der Waals surface area contributed by atoms with Gasteiger partial charge in [0, 0.05) is 22.1 Å². The van der Waals surface area contributed by atoms with Crippen LogP contribution in [-0.2, 0) is 16.5 Å². The fourth-order valence-corrected chi connectivity index (χ4v) is 3.65. The lowest BCUT2D eigenvalue weighted by Crippen LogP contribution is -2.05. The Hall–Kier alpha value is -1.70. The van der Waals surface area contributed by atoms with Crippen LogP contribution in [0.1, 0.15) is 12.0 Å². The van der Waals surface area contributed by atoms with Gasteiger partial charge in [0.1, 0.15) is 0 Å². The molecule has 23 heavy (non-hydrogen) atoms. The van der Waals surface area contributed by atoms with Crippen LogP contribution in [0.4, 0.5) is 0 Å². The maximum Gasteiger partial charge on any atom is 0.264 e. The quantitative estimate of drug-likeness (QED) is 0.524. The molecule has 2 aromatic carbocycles. The molecule has 0 bridgehead atoms. The van der Waals surface area contributed by atoms with Crippen LogP contribution in [0.15, 0.2) is 45.8 Å². The van der Waals surface area contributed by atoms with E-state index in [1.54, 1.807) is 6.20 Å². The Balaban J connectivity index is 2.16. The molecule has 2 N–H and O–H groups in total. The van der Waals surface area contributed by atoms with E-state index >= 15 is 0 Å². The highest BCUT2D eigenvalue weighted by molar-refractivity contribution is 9.10. The Labute approximate surface area is 141 Å². The lowest BCUT2D eigenvalue weighted by atomic mass is 9.96. The van der Waals surface area contributed by atoms with E-state index in [1.807, 2.05) is 24.3 Å². The Bertz CT molecular complexity index is 1060. The predicted molar refractivity (Wildman–Crippen MR) is 94.5 cm³/mol. The first-order valence-electron chi connectivity index (χ1n) is 7.02. The molecule has 0 saturated carbocycles. The molecule has 0 amide bonds. The van der Waals surface area contributed by atoms with Gasteiger partial charge in [-0.05, 0) is 46.7 Å². The van der Waals surface area contributed by atoms with E-state index in [1.165, 1.54) is 6.07 Å². The first kappa shape index (κ1) is 16.2. The highest BCUT2D eigenvalue weighted by Gasteiger charge is 2.10. The number of aromatic nitrogens is 1. The number of H-pyrrole nitrogens is 1. The molecule has 7 heteroatoms. The molecule has 0 saturated heterocycles. The zero-order chi connectivity index (χ0) is 16.6. The summed E-state index contributed by atoms with van der Waals surface area (Å²) in [4.78, 5) is 14.3. The van der Waals surface area contributed by atoms with Crippen molar-refractivity contribution in [3.8, 4) is 0 Å². The molecule has 0 unspecified atom stereocenters. The van der Waals surface area contributed by atoms with Gasteiger partial charge in [0.25, 0.3) is 10.1 Å². The number of fused-ring (bicyclic) bond motifs is 3. The maximum atomic E-state index is 11.6. The number of nitrogens with one attached hydrogen (secondary N) is 1. The lowest BCUT2D eigenvalue weighted by molar-refractivity contribution is 0.481. The third-order valence-corrected chi connectivity index (χ3v) is 5.05. The molecule has 0 aliphatic heterocycles. The van der Waals surface area contributed by atoms with Crippen LogP contribution < -0.4 is 5.56 Å². The van der Waals surface area contributed by atoms with E-state index in [0.717, 1.165) is 31.6 Å². The first-order chi connectivity index (χ1) is 10.8. The van der Waals surface area contributed by atoms with Crippen molar-refractivity contribution in [2.75, 3.05) is 5.75 Å². The molecule has 3 rings (SSSR count). The van der Waals surface area contributed by atoms with Gasteiger partial charge in [0.2, 0.25) is 5.56 Å². The predicted octanol–water partition coefficient (Wildman–Crippen LogP) is 3.26. The minimum Gasteiger partial charge on any atom is -0.328 e. The topological polar surface area (TPSA) is 87.2 Å². The van der Waals surface area contributed by atoms with Crippen molar-refractivity contribution in [2.45, 2.75) is 12.8 Å². The van der Waals surface area contributed by atoms with Gasteiger partial charge >= 0.3 is 0 Å². The second-order valence-electron chi connectivity index (χ2n) is 5.42. The average Bonchev–Trinajstić information content (AvgIpc) is 2.45. The molecule has 5 nitrogen and oxygen atoms in total. The summed E-state index contributed by atoms with van der Waals surface area (Å²) in [5.41, 5.74) is 0.769. The van der Waals surface area contributed by atoms with Gasteiger partial charge in [-0.3, -0.25) is 9.35 Å². The van der Waals surface area contributed by atoms with Gasteiger partial charge < -0.3 is 4.98 Å². The minimum atomic E-state index is -3.97. The van der Waals surface area contributed by atoms with Crippen LogP contribution >= 0.6 is 15.9 Å². The zero-order valence-corrected chi connectivity index (χ0v) is 14.4. The Kier molecular flexibility index (Phi) is 4.27. The summed E-state index contributed by atoms with van der Waals surface area (Å²) in [6.45, 7) is 0. The van der Waals surface area contributed by atoms with Gasteiger partial charge in [-0.1, -0.05) is 28.1 Å². The summed E-state index contributed by atoms with van der Waals surface area (Å²) < 4.78 is 31.6. The van der Waals surface area contributed by atoms with E-state index in [-0.39, 0.29) is 11.3 Å². The van der Waals surface area contributed by atoms with Crippen molar-refractivity contribution >= 4 is 47.6 Å². The summed E-state index contributed by atoms with van der Waals surface area (Å²) in [5, 5.41) is 3.72. The van der Waals surface area contributed by atoms with Gasteiger partial charge in [0.15, 0.2) is 0 Å². The van der Waals surface area contributed by atoms with Gasteiger partial charge in [0.05, 0.1) is 5.75 Å². The summed E-state index contributed by atoms with van der Waals surface area (Å²) in [5.74, 6) is -0.279. The Morgan fingerprint density at radius 3 is 2.61 bits per heavy atom. The van der Waals surface area contributed by atoms with E-state index in [9.17, 15) is 13.2 Å². The number of benzene rings is 2. The average molecular weight is 396 g/mol. The fourth-order valence-electron chi connectivity index (χ4n) is 2.78. The first-order valence-corrected chi connectivity index (χ1v) is 9.42. The molecule has 0 radical (unpaired) electrons. The SMILES string of the molecule is O=c1cc2cc(CCCS(=O)(=O)O)c3ccc(Br)cc3c2c[nH]1. The molecule has 0 fully saturated rings. The second kappa shape index (κ2) is 6.07. The summed E-state index contributed by atoms with van der Waals surface area (Å²) in [6.07, 6.45) is 2.51. The second-order valence-corrected chi connectivity index (χ2v) is 7.90. The smallest absolute Gasteiger partial charge is 0.264 e. The molecule has 0 atom stereocenters. The molecule has 3 aromatic rings. The Morgan fingerprint density at radius 1 is 1.09 bits per heavy atom. The van der Waals surface area contributed by atoms with Crippen molar-refractivity contribution in [3.05, 3.63) is 56.9 Å². The standard InChI is InChI=1S/C16H14BrNO4S/c17-12-3-4-13-10(2-1-5-23(20,21)22)6-11-7-16(19)18-9-15(11)14(13)8-12/h3-4,6-9H,1-2,5H2,(H,18,19)(H,20,21,22). The van der Waals surface area contributed by atoms with Crippen LogP contribution in [0.2, 0.25) is 0 Å². The number of halogens is 1. The molecule has 0 aliphatic carbocycles. The maximum absolute atomic E-state index is 11.6. The third-order valence-electron chi connectivity index (χ3n) is 3.75. The molecular formula is C16H14BrNO4S. The minimum absolute atomic E-state index is 0.185. The molecule has 120 valence electrons. The number of pyridine rings is 1. The number of hydrogen-bond donors (Lipinski definition) is 2. The van der Waals surface area contributed by atoms with Crippen LogP contribution in [0.5, 0.6) is 0 Å². The van der Waals surface area contributed by atoms with Gasteiger partial charge in [-0.15, -0.1) is 0 Å². The van der Waals surface area contributed by atoms with Crippen molar-refractivity contribution in [1.82, 2.24) is 4.98 Å². The van der Waals surface area contributed by atoms with Crippen molar-refractivity contribution in [1.29, 1.82) is 0 Å². The van der Waals surface area contributed by atoms with Gasteiger partial charge in [-0.2, -0.15) is 8.42 Å². The van der Waals surface area contributed by atoms with E-state index in [4.69, 9.17) is 4.55 Å². The Morgan fingerprint density at radius 2 is 1.87 bits per heavy atom. The molecule has 1 heterocycles. The molecule has 0 aliphatic rings. The van der Waals surface area contributed by atoms with Crippen molar-refractivity contribution in [3.63, 3.8) is 0 Å². The number of aromatic amines is 1. The molecule has 1 aromatic heterocycles. The van der Waals surface area contributed by atoms with Gasteiger partial charge in [-0.25, -0.2) is 0 Å². The van der Waals surface area contributed by atoms with Crippen LogP contribution in [0.25, 0.3) is 21.5 Å². The summed E-state index contributed by atoms with van der Waals surface area (Å²) >= 11 is 3.45. The number of aryl methyl sites for hydroxylation is 1. The van der Waals surface area contributed by atoms with Crippen molar-refractivity contribution in [2.24, 2.45) is 0 Å². The van der Waals surface area contributed by atoms with E-state index in [0.29, 0.717) is 12.8 Å². The summed E-state index contributed by atoms with van der Waals surface area (Å²) in [7, 11) is -3.97. The third kappa shape index (κ3) is 3.63. The molecule has 0 spiro atoms. The van der Waals surface area contributed by atoms with Crippen LogP contribution in [-0.4, -0.2) is 23.7 Å². The normalized spacial score (nSPS) is 12.1. The lowest BCUT2D eigenvalue weighted by Gasteiger charge is -2.10. The van der Waals surface area contributed by atoms with Crippen LogP contribution in [0.3, 0.4) is 0 Å². The summed E-state index contributed by atoms with van der Waals surface area (Å²) in [6, 6.07) is 9.30. The fraction of sp³-hybridized carbons (Fsp3) is 0.188. The zero-order valence-electron chi connectivity index (χ0n) is 12.0. The van der Waals surface area contributed by atoms with E-state index in [2.05, 4.69) is 20.9 Å². The molecular weight excluding hydrogens is 382 g/mol. The highest BCUT2D eigenvalue weighted by atomic mass is 79.9.